The molecule has 1 fully saturated rings. The molecule has 1 aliphatic heterocycles. The van der Waals surface area contributed by atoms with Gasteiger partial charge in [-0.1, -0.05) is 0 Å². The number of hydrogen-bond donors (Lipinski definition) is 2. The molecule has 0 amide bonds. The number of aromatic amines is 1. The van der Waals surface area contributed by atoms with Crippen molar-refractivity contribution < 1.29 is 4.74 Å². The van der Waals surface area contributed by atoms with E-state index in [-0.39, 0.29) is 0 Å². The van der Waals surface area contributed by atoms with Crippen LogP contribution in [-0.4, -0.2) is 48.2 Å². The topological polar surface area (TPSA) is 66.1 Å². The van der Waals surface area contributed by atoms with Crippen LogP contribution in [0.5, 0.6) is 5.88 Å². The van der Waals surface area contributed by atoms with Gasteiger partial charge < -0.3 is 19.9 Å². The molecular formula is C18H20BrN5O. The van der Waals surface area contributed by atoms with Crippen molar-refractivity contribution in [3.05, 3.63) is 34.9 Å². The molecule has 2 aromatic heterocycles. The molecule has 3 aromatic rings. The third-order valence-electron chi connectivity index (χ3n) is 4.44. The Bertz CT molecular complexity index is 886. The molecular weight excluding hydrogens is 382 g/mol. The van der Waals surface area contributed by atoms with Gasteiger partial charge in [-0.15, -0.1) is 0 Å². The fourth-order valence-electron chi connectivity index (χ4n) is 3.18. The van der Waals surface area contributed by atoms with E-state index in [9.17, 15) is 0 Å². The predicted molar refractivity (Wildman–Crippen MR) is 103 cm³/mol. The quantitative estimate of drug-likeness (QED) is 0.705. The second-order valence-electron chi connectivity index (χ2n) is 6.09. The predicted octanol–water partition coefficient (Wildman–Crippen LogP) is 3.20. The summed E-state index contributed by atoms with van der Waals surface area (Å²) in [5.41, 5.74) is 4.03. The summed E-state index contributed by atoms with van der Waals surface area (Å²) in [4.78, 5) is 14.8. The molecule has 0 spiro atoms. The molecule has 0 aliphatic carbocycles. The average molecular weight is 402 g/mol. The molecule has 1 aromatic carbocycles. The normalized spacial score (nSPS) is 15.4. The minimum Gasteiger partial charge on any atom is -0.480 e. The highest BCUT2D eigenvalue weighted by Gasteiger charge is 2.15. The molecule has 6 nitrogen and oxygen atoms in total. The zero-order valence-electron chi connectivity index (χ0n) is 14.1. The lowest BCUT2D eigenvalue weighted by Crippen LogP contribution is -2.27. The van der Waals surface area contributed by atoms with Crippen molar-refractivity contribution in [2.24, 2.45) is 0 Å². The lowest BCUT2D eigenvalue weighted by molar-refractivity contribution is 0.399. The SMILES string of the molecule is COc1ncc(Br)cc1-c1nc2ccc(N3CCCNCC3)cc2[nH]1. The van der Waals surface area contributed by atoms with E-state index in [0.717, 1.165) is 59.5 Å². The lowest BCUT2D eigenvalue weighted by atomic mass is 10.2. The van der Waals surface area contributed by atoms with E-state index in [0.29, 0.717) is 5.88 Å². The molecule has 0 atom stereocenters. The van der Waals surface area contributed by atoms with Gasteiger partial charge in [0.2, 0.25) is 5.88 Å². The number of H-pyrrole nitrogens is 1. The third-order valence-corrected chi connectivity index (χ3v) is 4.87. The number of methoxy groups -OCH3 is 1. The monoisotopic (exact) mass is 401 g/mol. The number of rotatable bonds is 3. The van der Waals surface area contributed by atoms with Gasteiger partial charge in [0.15, 0.2) is 0 Å². The van der Waals surface area contributed by atoms with E-state index in [4.69, 9.17) is 9.72 Å². The molecule has 1 aliphatic rings. The van der Waals surface area contributed by atoms with Gasteiger partial charge in [-0.05, 0) is 53.2 Å². The van der Waals surface area contributed by atoms with Crippen LogP contribution in [0.3, 0.4) is 0 Å². The van der Waals surface area contributed by atoms with Crippen LogP contribution in [0, 0.1) is 0 Å². The summed E-state index contributed by atoms with van der Waals surface area (Å²) in [5.74, 6) is 1.32. The van der Waals surface area contributed by atoms with Crippen molar-refractivity contribution in [1.82, 2.24) is 20.3 Å². The Morgan fingerprint density at radius 1 is 1.20 bits per heavy atom. The number of pyridine rings is 1. The van der Waals surface area contributed by atoms with Gasteiger partial charge in [-0.3, -0.25) is 0 Å². The number of anilines is 1. The van der Waals surface area contributed by atoms with E-state index >= 15 is 0 Å². The van der Waals surface area contributed by atoms with Gasteiger partial charge in [0.1, 0.15) is 5.82 Å². The van der Waals surface area contributed by atoms with Crippen LogP contribution in [0.25, 0.3) is 22.4 Å². The fourth-order valence-corrected chi connectivity index (χ4v) is 3.52. The Labute approximate surface area is 154 Å². The molecule has 3 heterocycles. The summed E-state index contributed by atoms with van der Waals surface area (Å²) in [5, 5.41) is 3.44. The van der Waals surface area contributed by atoms with Crippen molar-refractivity contribution in [1.29, 1.82) is 0 Å². The molecule has 2 N–H and O–H groups in total. The van der Waals surface area contributed by atoms with Crippen molar-refractivity contribution >= 4 is 32.7 Å². The molecule has 0 unspecified atom stereocenters. The summed E-state index contributed by atoms with van der Waals surface area (Å²) in [6, 6.07) is 8.36. The summed E-state index contributed by atoms with van der Waals surface area (Å²) in [6.45, 7) is 4.20. The summed E-state index contributed by atoms with van der Waals surface area (Å²) >= 11 is 3.47. The number of hydrogen-bond acceptors (Lipinski definition) is 5. The van der Waals surface area contributed by atoms with Crippen molar-refractivity contribution in [2.45, 2.75) is 6.42 Å². The first-order valence-corrected chi connectivity index (χ1v) is 9.19. The highest BCUT2D eigenvalue weighted by atomic mass is 79.9. The zero-order valence-corrected chi connectivity index (χ0v) is 15.6. The molecule has 0 radical (unpaired) electrons. The van der Waals surface area contributed by atoms with Crippen LogP contribution in [0.4, 0.5) is 5.69 Å². The largest absolute Gasteiger partial charge is 0.480 e. The maximum absolute atomic E-state index is 5.38. The number of nitrogens with one attached hydrogen (secondary N) is 2. The first-order valence-electron chi connectivity index (χ1n) is 8.40. The number of halogens is 1. The summed E-state index contributed by atoms with van der Waals surface area (Å²) in [6.07, 6.45) is 2.88. The van der Waals surface area contributed by atoms with E-state index in [1.807, 2.05) is 6.07 Å². The molecule has 25 heavy (non-hydrogen) atoms. The van der Waals surface area contributed by atoms with Gasteiger partial charge in [0, 0.05) is 36.0 Å². The third kappa shape index (κ3) is 3.34. The van der Waals surface area contributed by atoms with Crippen LogP contribution >= 0.6 is 15.9 Å². The molecule has 0 bridgehead atoms. The van der Waals surface area contributed by atoms with E-state index in [1.54, 1.807) is 13.3 Å². The van der Waals surface area contributed by atoms with Crippen LogP contribution in [-0.2, 0) is 0 Å². The fraction of sp³-hybridized carbons (Fsp3) is 0.333. The second kappa shape index (κ2) is 7.01. The zero-order chi connectivity index (χ0) is 17.2. The van der Waals surface area contributed by atoms with E-state index < -0.39 is 0 Å². The van der Waals surface area contributed by atoms with E-state index in [1.165, 1.54) is 5.69 Å². The Morgan fingerprint density at radius 2 is 2.12 bits per heavy atom. The Morgan fingerprint density at radius 3 is 3.00 bits per heavy atom. The summed E-state index contributed by atoms with van der Waals surface area (Å²) < 4.78 is 6.27. The molecule has 1 saturated heterocycles. The molecule has 4 rings (SSSR count). The Kier molecular flexibility index (Phi) is 4.59. The number of aromatic nitrogens is 3. The van der Waals surface area contributed by atoms with Gasteiger partial charge >= 0.3 is 0 Å². The Balaban J connectivity index is 1.72. The number of fused-ring (bicyclic) bond motifs is 1. The minimum atomic E-state index is 0.557. The lowest BCUT2D eigenvalue weighted by Gasteiger charge is -2.22. The maximum Gasteiger partial charge on any atom is 0.224 e. The number of benzene rings is 1. The molecule has 0 saturated carbocycles. The van der Waals surface area contributed by atoms with Gasteiger partial charge in [0.05, 0.1) is 23.7 Å². The number of nitrogens with zero attached hydrogens (tertiary/aromatic N) is 3. The molecule has 7 heteroatoms. The van der Waals surface area contributed by atoms with Gasteiger partial charge in [0.25, 0.3) is 0 Å². The van der Waals surface area contributed by atoms with Crippen LogP contribution in [0.15, 0.2) is 34.9 Å². The number of imidazole rings is 1. The van der Waals surface area contributed by atoms with Crippen molar-refractivity contribution in [3.63, 3.8) is 0 Å². The van der Waals surface area contributed by atoms with Crippen LogP contribution in [0.2, 0.25) is 0 Å². The van der Waals surface area contributed by atoms with E-state index in [2.05, 4.69) is 54.3 Å². The maximum atomic E-state index is 5.38. The highest BCUT2D eigenvalue weighted by Crippen LogP contribution is 2.31. The average Bonchev–Trinajstić information content (AvgIpc) is 2.86. The number of ether oxygens (including phenoxy) is 1. The first-order chi connectivity index (χ1) is 12.2. The molecule has 130 valence electrons. The van der Waals surface area contributed by atoms with Crippen LogP contribution in [0.1, 0.15) is 6.42 Å². The van der Waals surface area contributed by atoms with Crippen molar-refractivity contribution in [2.75, 3.05) is 38.2 Å². The first kappa shape index (κ1) is 16.4. The summed E-state index contributed by atoms with van der Waals surface area (Å²) in [7, 11) is 1.62. The van der Waals surface area contributed by atoms with Crippen molar-refractivity contribution in [3.8, 4) is 17.3 Å². The van der Waals surface area contributed by atoms with Crippen LogP contribution < -0.4 is 15.0 Å². The van der Waals surface area contributed by atoms with Gasteiger partial charge in [-0.2, -0.15) is 0 Å². The second-order valence-corrected chi connectivity index (χ2v) is 7.00. The Hall–Kier alpha value is -2.12. The standard InChI is InChI=1S/C18H20BrN5O/c1-25-18-14(9-12(19)11-21-18)17-22-15-4-3-13(10-16(15)23-17)24-7-2-5-20-6-8-24/h3-4,9-11,20H,2,5-8H2,1H3,(H,22,23). The van der Waals surface area contributed by atoms with Gasteiger partial charge in [-0.25, -0.2) is 9.97 Å². The highest BCUT2D eigenvalue weighted by molar-refractivity contribution is 9.10. The smallest absolute Gasteiger partial charge is 0.224 e. The minimum absolute atomic E-state index is 0.557.